The van der Waals surface area contributed by atoms with Gasteiger partial charge in [-0.3, -0.25) is 0 Å². The first-order valence-corrected chi connectivity index (χ1v) is 5.05. The van der Waals surface area contributed by atoms with Gasteiger partial charge in [0.05, 0.1) is 12.2 Å². The lowest BCUT2D eigenvalue weighted by atomic mass is 10.1. The highest BCUT2D eigenvalue weighted by molar-refractivity contribution is 9.10. The molecule has 14 heavy (non-hydrogen) atoms. The maximum absolute atomic E-state index is 13.1. The first-order valence-electron chi connectivity index (χ1n) is 4.25. The van der Waals surface area contributed by atoms with Crippen molar-refractivity contribution < 1.29 is 13.5 Å². The van der Waals surface area contributed by atoms with E-state index in [0.717, 1.165) is 6.92 Å². The molecule has 0 aliphatic heterocycles. The molecular formula is C10H11BrF2O. The SMILES string of the molecule is CCOc1ccc(Br)cc1C(C)(F)F. The third-order valence-electron chi connectivity index (χ3n) is 1.71. The summed E-state index contributed by atoms with van der Waals surface area (Å²) in [6, 6.07) is 4.60. The third-order valence-corrected chi connectivity index (χ3v) is 2.21. The lowest BCUT2D eigenvalue weighted by molar-refractivity contribution is 0.0145. The first-order chi connectivity index (χ1) is 6.45. The van der Waals surface area contributed by atoms with E-state index in [-0.39, 0.29) is 11.3 Å². The molecule has 0 amide bonds. The zero-order valence-electron chi connectivity index (χ0n) is 7.98. The van der Waals surface area contributed by atoms with Gasteiger partial charge in [0.2, 0.25) is 0 Å². The summed E-state index contributed by atoms with van der Waals surface area (Å²) in [7, 11) is 0. The van der Waals surface area contributed by atoms with E-state index in [2.05, 4.69) is 15.9 Å². The van der Waals surface area contributed by atoms with Crippen LogP contribution in [-0.4, -0.2) is 6.61 Å². The van der Waals surface area contributed by atoms with Gasteiger partial charge in [0, 0.05) is 11.4 Å². The van der Waals surface area contributed by atoms with Crippen molar-refractivity contribution in [2.24, 2.45) is 0 Å². The fourth-order valence-electron chi connectivity index (χ4n) is 1.13. The summed E-state index contributed by atoms with van der Waals surface area (Å²) in [5, 5.41) is 0. The Balaban J connectivity index is 3.16. The van der Waals surface area contributed by atoms with Crippen LogP contribution in [0.2, 0.25) is 0 Å². The van der Waals surface area contributed by atoms with Gasteiger partial charge in [-0.05, 0) is 25.1 Å². The smallest absolute Gasteiger partial charge is 0.274 e. The van der Waals surface area contributed by atoms with Crippen LogP contribution in [0.25, 0.3) is 0 Å². The molecule has 0 saturated heterocycles. The normalized spacial score (nSPS) is 11.5. The van der Waals surface area contributed by atoms with Crippen LogP contribution in [0.4, 0.5) is 8.78 Å². The zero-order valence-corrected chi connectivity index (χ0v) is 9.57. The molecule has 4 heteroatoms. The summed E-state index contributed by atoms with van der Waals surface area (Å²) in [5.41, 5.74) is -0.0891. The number of ether oxygens (including phenoxy) is 1. The molecule has 0 atom stereocenters. The Morgan fingerprint density at radius 2 is 2.07 bits per heavy atom. The molecule has 1 rings (SSSR count). The maximum Gasteiger partial charge on any atom is 0.274 e. The summed E-state index contributed by atoms with van der Waals surface area (Å²) >= 11 is 3.15. The zero-order chi connectivity index (χ0) is 10.8. The number of alkyl halides is 2. The standard InChI is InChI=1S/C10H11BrF2O/c1-3-14-9-5-4-7(11)6-8(9)10(2,12)13/h4-6H,3H2,1-2H3. The maximum atomic E-state index is 13.1. The predicted octanol–water partition coefficient (Wildman–Crippen LogP) is 3.96. The Kier molecular flexibility index (Phi) is 3.48. The van der Waals surface area contributed by atoms with Crippen LogP contribution in [0.1, 0.15) is 19.4 Å². The summed E-state index contributed by atoms with van der Waals surface area (Å²) in [5.74, 6) is -2.64. The molecule has 0 bridgehead atoms. The summed E-state index contributed by atoms with van der Waals surface area (Å²) in [6.45, 7) is 3.00. The average molecular weight is 265 g/mol. The van der Waals surface area contributed by atoms with Crippen LogP contribution in [-0.2, 0) is 5.92 Å². The van der Waals surface area contributed by atoms with Gasteiger partial charge in [-0.25, -0.2) is 8.78 Å². The number of hydrogen-bond acceptors (Lipinski definition) is 1. The van der Waals surface area contributed by atoms with Crippen molar-refractivity contribution in [3.8, 4) is 5.75 Å². The minimum Gasteiger partial charge on any atom is -0.493 e. The van der Waals surface area contributed by atoms with Gasteiger partial charge < -0.3 is 4.74 Å². The Hall–Kier alpha value is -0.640. The van der Waals surface area contributed by atoms with E-state index in [4.69, 9.17) is 4.74 Å². The van der Waals surface area contributed by atoms with Crippen molar-refractivity contribution in [2.45, 2.75) is 19.8 Å². The molecule has 0 aliphatic rings. The van der Waals surface area contributed by atoms with Gasteiger partial charge >= 0.3 is 0 Å². The molecule has 1 nitrogen and oxygen atoms in total. The Morgan fingerprint density at radius 1 is 1.43 bits per heavy atom. The van der Waals surface area contributed by atoms with Crippen molar-refractivity contribution in [3.63, 3.8) is 0 Å². The van der Waals surface area contributed by atoms with Gasteiger partial charge in [0.15, 0.2) is 0 Å². The molecule has 0 aromatic heterocycles. The van der Waals surface area contributed by atoms with Gasteiger partial charge in [0.1, 0.15) is 5.75 Å². The second kappa shape index (κ2) is 4.26. The Bertz CT molecular complexity index is 320. The van der Waals surface area contributed by atoms with Crippen LogP contribution in [0.15, 0.2) is 22.7 Å². The summed E-state index contributed by atoms with van der Waals surface area (Å²) in [6.07, 6.45) is 0. The van der Waals surface area contributed by atoms with Gasteiger partial charge in [0.25, 0.3) is 5.92 Å². The minimum atomic E-state index is -2.88. The fraction of sp³-hybridized carbons (Fsp3) is 0.400. The Morgan fingerprint density at radius 3 is 2.57 bits per heavy atom. The molecule has 0 heterocycles. The van der Waals surface area contributed by atoms with E-state index >= 15 is 0 Å². The van der Waals surface area contributed by atoms with Gasteiger partial charge in [-0.1, -0.05) is 15.9 Å². The number of benzene rings is 1. The van der Waals surface area contributed by atoms with E-state index in [0.29, 0.717) is 11.1 Å². The molecule has 0 N–H and O–H groups in total. The molecule has 1 aromatic rings. The van der Waals surface area contributed by atoms with Crippen molar-refractivity contribution >= 4 is 15.9 Å². The lowest BCUT2D eigenvalue weighted by Crippen LogP contribution is -2.10. The van der Waals surface area contributed by atoms with Crippen LogP contribution in [0.5, 0.6) is 5.75 Å². The molecule has 0 unspecified atom stereocenters. The molecule has 0 aliphatic carbocycles. The predicted molar refractivity (Wildman–Crippen MR) is 54.9 cm³/mol. The largest absolute Gasteiger partial charge is 0.493 e. The molecule has 0 spiro atoms. The number of hydrogen-bond donors (Lipinski definition) is 0. The number of halogens is 3. The number of rotatable bonds is 3. The molecule has 78 valence electrons. The van der Waals surface area contributed by atoms with Crippen LogP contribution < -0.4 is 4.74 Å². The second-order valence-corrected chi connectivity index (χ2v) is 3.88. The topological polar surface area (TPSA) is 9.23 Å². The highest BCUT2D eigenvalue weighted by Gasteiger charge is 2.28. The van der Waals surface area contributed by atoms with Crippen LogP contribution in [0.3, 0.4) is 0 Å². The summed E-state index contributed by atoms with van der Waals surface area (Å²) < 4.78 is 32.0. The summed E-state index contributed by atoms with van der Waals surface area (Å²) in [4.78, 5) is 0. The van der Waals surface area contributed by atoms with Crippen molar-refractivity contribution in [1.82, 2.24) is 0 Å². The highest BCUT2D eigenvalue weighted by Crippen LogP contribution is 2.36. The van der Waals surface area contributed by atoms with Gasteiger partial charge in [-0.15, -0.1) is 0 Å². The second-order valence-electron chi connectivity index (χ2n) is 2.96. The highest BCUT2D eigenvalue weighted by atomic mass is 79.9. The molecule has 0 saturated carbocycles. The van der Waals surface area contributed by atoms with Crippen molar-refractivity contribution in [2.75, 3.05) is 6.61 Å². The monoisotopic (exact) mass is 264 g/mol. The lowest BCUT2D eigenvalue weighted by Gasteiger charge is -2.15. The van der Waals surface area contributed by atoms with Crippen LogP contribution >= 0.6 is 15.9 Å². The van der Waals surface area contributed by atoms with E-state index < -0.39 is 5.92 Å². The van der Waals surface area contributed by atoms with E-state index in [1.165, 1.54) is 6.07 Å². The van der Waals surface area contributed by atoms with Crippen LogP contribution in [0, 0.1) is 0 Å². The Labute approximate surface area is 90.2 Å². The molecular weight excluding hydrogens is 254 g/mol. The third kappa shape index (κ3) is 2.67. The van der Waals surface area contributed by atoms with E-state index in [9.17, 15) is 8.78 Å². The quantitative estimate of drug-likeness (QED) is 0.803. The minimum absolute atomic E-state index is 0.0891. The van der Waals surface area contributed by atoms with Crippen molar-refractivity contribution in [1.29, 1.82) is 0 Å². The molecule has 0 radical (unpaired) electrons. The molecule has 1 aromatic carbocycles. The van der Waals surface area contributed by atoms with Crippen molar-refractivity contribution in [3.05, 3.63) is 28.2 Å². The van der Waals surface area contributed by atoms with E-state index in [1.54, 1.807) is 19.1 Å². The van der Waals surface area contributed by atoms with E-state index in [1.807, 2.05) is 0 Å². The average Bonchev–Trinajstić information content (AvgIpc) is 2.07. The fourth-order valence-corrected chi connectivity index (χ4v) is 1.49. The first kappa shape index (κ1) is 11.4. The molecule has 0 fully saturated rings. The van der Waals surface area contributed by atoms with Gasteiger partial charge in [-0.2, -0.15) is 0 Å².